The van der Waals surface area contributed by atoms with Gasteiger partial charge in [-0.1, -0.05) is 61.6 Å². The van der Waals surface area contributed by atoms with Crippen LogP contribution in [0.5, 0.6) is 0 Å². The standard InChI is InChI=1S/C22H22OSi/c1-13-10-14(2)17-12-18-15-8-6-7-9-16(15)21(23)20(18)22(19(17)11-13)24(3,4)5/h6-12H,1-5H3. The first-order chi connectivity index (χ1) is 11.3. The van der Waals surface area contributed by atoms with Gasteiger partial charge in [-0.05, 0) is 52.6 Å². The maximum absolute atomic E-state index is 13.2. The summed E-state index contributed by atoms with van der Waals surface area (Å²) in [6.45, 7) is 11.4. The quantitative estimate of drug-likeness (QED) is 0.438. The van der Waals surface area contributed by atoms with Gasteiger partial charge in [0.25, 0.3) is 0 Å². The molecule has 3 aromatic rings. The van der Waals surface area contributed by atoms with Gasteiger partial charge >= 0.3 is 0 Å². The predicted molar refractivity (Wildman–Crippen MR) is 105 cm³/mol. The summed E-state index contributed by atoms with van der Waals surface area (Å²) < 4.78 is 0. The fraction of sp³-hybridized carbons (Fsp3) is 0.227. The second-order valence-electron chi connectivity index (χ2n) is 7.98. The van der Waals surface area contributed by atoms with Crippen molar-refractivity contribution in [2.75, 3.05) is 0 Å². The van der Waals surface area contributed by atoms with Crippen molar-refractivity contribution in [2.24, 2.45) is 0 Å². The molecule has 4 rings (SSSR count). The third kappa shape index (κ3) is 2.03. The van der Waals surface area contributed by atoms with Crippen LogP contribution in [0, 0.1) is 13.8 Å². The molecule has 0 bridgehead atoms. The molecule has 0 amide bonds. The van der Waals surface area contributed by atoms with E-state index < -0.39 is 8.07 Å². The summed E-state index contributed by atoms with van der Waals surface area (Å²) in [5, 5.41) is 3.90. The number of ketones is 1. The molecule has 0 unspecified atom stereocenters. The van der Waals surface area contributed by atoms with Crippen molar-refractivity contribution in [2.45, 2.75) is 33.5 Å². The molecule has 24 heavy (non-hydrogen) atoms. The number of carbonyl (C=O) groups excluding carboxylic acids is 1. The summed E-state index contributed by atoms with van der Waals surface area (Å²) in [6, 6.07) is 14.8. The first-order valence-corrected chi connectivity index (χ1v) is 12.0. The highest BCUT2D eigenvalue weighted by Crippen LogP contribution is 2.39. The molecule has 0 atom stereocenters. The van der Waals surface area contributed by atoms with Crippen molar-refractivity contribution >= 4 is 29.8 Å². The Morgan fingerprint density at radius 3 is 2.12 bits per heavy atom. The molecule has 2 heteroatoms. The van der Waals surface area contributed by atoms with Crippen molar-refractivity contribution < 1.29 is 4.79 Å². The van der Waals surface area contributed by atoms with Gasteiger partial charge in [-0.2, -0.15) is 0 Å². The molecule has 1 aliphatic rings. The van der Waals surface area contributed by atoms with Crippen LogP contribution in [-0.2, 0) is 0 Å². The summed E-state index contributed by atoms with van der Waals surface area (Å²) in [4.78, 5) is 13.2. The Bertz CT molecular complexity index is 1020. The minimum absolute atomic E-state index is 0.207. The summed E-state index contributed by atoms with van der Waals surface area (Å²) in [6.07, 6.45) is 0. The summed E-state index contributed by atoms with van der Waals surface area (Å²) in [7, 11) is -1.70. The molecular formula is C22H22OSi. The zero-order valence-corrected chi connectivity index (χ0v) is 15.9. The lowest BCUT2D eigenvalue weighted by Crippen LogP contribution is -2.41. The highest BCUT2D eigenvalue weighted by Gasteiger charge is 2.35. The van der Waals surface area contributed by atoms with E-state index in [1.165, 1.54) is 27.1 Å². The van der Waals surface area contributed by atoms with Gasteiger partial charge in [0.1, 0.15) is 0 Å². The maximum Gasteiger partial charge on any atom is 0.194 e. The van der Waals surface area contributed by atoms with E-state index in [0.29, 0.717) is 0 Å². The minimum Gasteiger partial charge on any atom is -0.289 e. The number of carbonyl (C=O) groups is 1. The summed E-state index contributed by atoms with van der Waals surface area (Å²) >= 11 is 0. The van der Waals surface area contributed by atoms with Crippen LogP contribution < -0.4 is 5.19 Å². The van der Waals surface area contributed by atoms with E-state index in [-0.39, 0.29) is 5.78 Å². The lowest BCUT2D eigenvalue weighted by molar-refractivity contribution is 0.104. The fourth-order valence-electron chi connectivity index (χ4n) is 4.14. The molecule has 1 nitrogen and oxygen atoms in total. The largest absolute Gasteiger partial charge is 0.289 e. The molecule has 0 heterocycles. The van der Waals surface area contributed by atoms with Crippen LogP contribution in [0.25, 0.3) is 21.9 Å². The molecule has 0 radical (unpaired) electrons. The molecule has 3 aromatic carbocycles. The Labute approximate surface area is 144 Å². The van der Waals surface area contributed by atoms with Gasteiger partial charge in [0.05, 0.1) is 8.07 Å². The molecule has 0 spiro atoms. The third-order valence-corrected chi connectivity index (χ3v) is 7.07. The van der Waals surface area contributed by atoms with Crippen molar-refractivity contribution in [1.82, 2.24) is 0 Å². The average molecular weight is 331 g/mol. The topological polar surface area (TPSA) is 17.1 Å². The Morgan fingerprint density at radius 2 is 1.46 bits per heavy atom. The molecule has 0 N–H and O–H groups in total. The molecule has 0 fully saturated rings. The van der Waals surface area contributed by atoms with E-state index in [4.69, 9.17) is 0 Å². The van der Waals surface area contributed by atoms with E-state index in [0.717, 1.165) is 22.3 Å². The zero-order valence-electron chi connectivity index (χ0n) is 14.9. The molecule has 0 aromatic heterocycles. The predicted octanol–water partition coefficient (Wildman–Crippen LogP) is 5.21. The summed E-state index contributed by atoms with van der Waals surface area (Å²) in [5.74, 6) is 0.207. The number of hydrogen-bond donors (Lipinski definition) is 0. The third-order valence-electron chi connectivity index (χ3n) is 5.05. The van der Waals surface area contributed by atoms with E-state index in [2.05, 4.69) is 57.8 Å². The first-order valence-electron chi connectivity index (χ1n) is 8.51. The van der Waals surface area contributed by atoms with E-state index in [1.807, 2.05) is 18.2 Å². The van der Waals surface area contributed by atoms with Gasteiger partial charge in [0.2, 0.25) is 0 Å². The van der Waals surface area contributed by atoms with Crippen LogP contribution in [0.1, 0.15) is 27.0 Å². The lowest BCUT2D eigenvalue weighted by atomic mass is 9.96. The monoisotopic (exact) mass is 330 g/mol. The van der Waals surface area contributed by atoms with Gasteiger partial charge in [-0.25, -0.2) is 0 Å². The number of hydrogen-bond acceptors (Lipinski definition) is 1. The molecule has 0 aliphatic heterocycles. The smallest absolute Gasteiger partial charge is 0.194 e. The zero-order chi connectivity index (χ0) is 17.2. The van der Waals surface area contributed by atoms with Crippen LogP contribution in [0.15, 0.2) is 42.5 Å². The average Bonchev–Trinajstić information content (AvgIpc) is 2.78. The van der Waals surface area contributed by atoms with Crippen LogP contribution in [0.3, 0.4) is 0 Å². The number of benzene rings is 3. The van der Waals surface area contributed by atoms with Gasteiger partial charge in [0.15, 0.2) is 5.78 Å². The normalized spacial score (nSPS) is 13.3. The first kappa shape index (κ1) is 15.3. The molecule has 0 saturated heterocycles. The van der Waals surface area contributed by atoms with E-state index >= 15 is 0 Å². The van der Waals surface area contributed by atoms with E-state index in [1.54, 1.807) is 0 Å². The van der Waals surface area contributed by atoms with Crippen molar-refractivity contribution in [3.63, 3.8) is 0 Å². The highest BCUT2D eigenvalue weighted by molar-refractivity contribution is 6.91. The Balaban J connectivity index is 2.25. The molecule has 0 saturated carbocycles. The van der Waals surface area contributed by atoms with Crippen LogP contribution >= 0.6 is 0 Å². The molecule has 1 aliphatic carbocycles. The fourth-order valence-corrected chi connectivity index (χ4v) is 6.15. The van der Waals surface area contributed by atoms with Gasteiger partial charge in [-0.3, -0.25) is 4.79 Å². The molecular weight excluding hydrogens is 308 g/mol. The van der Waals surface area contributed by atoms with Crippen molar-refractivity contribution in [3.05, 3.63) is 64.7 Å². The number of aryl methyl sites for hydroxylation is 2. The SMILES string of the molecule is Cc1cc(C)c2cc3c(c([Si](C)(C)C)c2c1)C(=O)c1ccccc1-3. The maximum atomic E-state index is 13.2. The second kappa shape index (κ2) is 4.90. The van der Waals surface area contributed by atoms with Crippen LogP contribution in [-0.4, -0.2) is 13.9 Å². The van der Waals surface area contributed by atoms with Gasteiger partial charge in [-0.15, -0.1) is 0 Å². The second-order valence-corrected chi connectivity index (χ2v) is 13.0. The van der Waals surface area contributed by atoms with Crippen LogP contribution in [0.2, 0.25) is 19.6 Å². The number of fused-ring (bicyclic) bond motifs is 4. The van der Waals surface area contributed by atoms with Crippen molar-refractivity contribution in [1.29, 1.82) is 0 Å². The van der Waals surface area contributed by atoms with Crippen LogP contribution in [0.4, 0.5) is 0 Å². The highest BCUT2D eigenvalue weighted by atomic mass is 28.3. The Hall–Kier alpha value is -2.19. The number of rotatable bonds is 1. The Kier molecular flexibility index (Phi) is 3.13. The lowest BCUT2D eigenvalue weighted by Gasteiger charge is -2.24. The van der Waals surface area contributed by atoms with Gasteiger partial charge in [0, 0.05) is 11.1 Å². The minimum atomic E-state index is -1.70. The summed E-state index contributed by atoms with van der Waals surface area (Å²) in [5.41, 5.74) is 6.61. The van der Waals surface area contributed by atoms with Gasteiger partial charge < -0.3 is 0 Å². The molecule has 120 valence electrons. The Morgan fingerprint density at radius 1 is 0.792 bits per heavy atom. The van der Waals surface area contributed by atoms with E-state index in [9.17, 15) is 4.79 Å². The van der Waals surface area contributed by atoms with Crippen molar-refractivity contribution in [3.8, 4) is 11.1 Å².